The molecule has 4 amide bonds. The van der Waals surface area contributed by atoms with Gasteiger partial charge < -0.3 is 0 Å². The van der Waals surface area contributed by atoms with E-state index in [2.05, 4.69) is 10.9 Å². The van der Waals surface area contributed by atoms with Crippen LogP contribution in [-0.2, 0) is 14.4 Å². The number of hydrogen-bond acceptors (Lipinski definition) is 4. The van der Waals surface area contributed by atoms with E-state index in [9.17, 15) is 23.6 Å². The van der Waals surface area contributed by atoms with E-state index in [0.29, 0.717) is 6.42 Å². The van der Waals surface area contributed by atoms with Crippen LogP contribution in [0.4, 0.5) is 4.39 Å². The number of piperidine rings is 1. The first-order valence-corrected chi connectivity index (χ1v) is 9.10. The van der Waals surface area contributed by atoms with Crippen molar-refractivity contribution in [2.24, 2.45) is 16.2 Å². The van der Waals surface area contributed by atoms with E-state index < -0.39 is 33.9 Å². The second kappa shape index (κ2) is 6.39. The molecule has 1 aliphatic carbocycles. The molecule has 1 aliphatic heterocycles. The van der Waals surface area contributed by atoms with Crippen molar-refractivity contribution in [1.29, 1.82) is 0 Å². The molecule has 1 saturated carbocycles. The zero-order valence-corrected chi connectivity index (χ0v) is 16.4. The topological polar surface area (TPSA) is 95.6 Å². The molecule has 0 spiro atoms. The summed E-state index contributed by atoms with van der Waals surface area (Å²) < 4.78 is 13.7. The number of rotatable bonds is 2. The minimum atomic E-state index is -1.04. The van der Waals surface area contributed by atoms with Gasteiger partial charge in [0.25, 0.3) is 5.91 Å². The standard InChI is InChI=1S/C20H24FN3O4/c1-18(15(26)23-22-14(25)12-7-5-6-8-13(12)21)9-19(2)11-20(3,10-18)17(28)24(4)16(19)27/h5-8H,9-11H2,1-4H3,(H,22,25)(H,23,26). The third kappa shape index (κ3) is 3.06. The van der Waals surface area contributed by atoms with E-state index in [1.54, 1.807) is 20.8 Å². The largest absolute Gasteiger partial charge is 0.285 e. The molecule has 0 radical (unpaired) electrons. The van der Waals surface area contributed by atoms with Gasteiger partial charge in [0.1, 0.15) is 5.82 Å². The van der Waals surface area contributed by atoms with Crippen molar-refractivity contribution < 1.29 is 23.6 Å². The second-order valence-electron chi connectivity index (χ2n) is 8.77. The summed E-state index contributed by atoms with van der Waals surface area (Å²) in [5.74, 6) is -2.60. The lowest BCUT2D eigenvalue weighted by atomic mass is 9.51. The lowest BCUT2D eigenvalue weighted by Crippen LogP contribution is -2.64. The van der Waals surface area contributed by atoms with Crippen molar-refractivity contribution in [2.45, 2.75) is 40.0 Å². The van der Waals surface area contributed by atoms with Gasteiger partial charge >= 0.3 is 0 Å². The molecule has 1 heterocycles. The number of hydrogen-bond donors (Lipinski definition) is 2. The molecular weight excluding hydrogens is 365 g/mol. The van der Waals surface area contributed by atoms with Gasteiger partial charge in [-0.2, -0.15) is 0 Å². The van der Waals surface area contributed by atoms with Crippen molar-refractivity contribution in [3.8, 4) is 0 Å². The molecule has 2 unspecified atom stereocenters. The van der Waals surface area contributed by atoms with Gasteiger partial charge in [0.05, 0.1) is 11.0 Å². The van der Waals surface area contributed by atoms with Gasteiger partial charge in [-0.15, -0.1) is 0 Å². The minimum absolute atomic E-state index is 0.195. The fourth-order valence-corrected chi connectivity index (χ4v) is 5.11. The fraction of sp³-hybridized carbons (Fsp3) is 0.500. The number of nitrogens with one attached hydrogen (secondary N) is 2. The highest BCUT2D eigenvalue weighted by molar-refractivity contribution is 6.04. The van der Waals surface area contributed by atoms with Crippen LogP contribution in [0.1, 0.15) is 50.4 Å². The summed E-state index contributed by atoms with van der Waals surface area (Å²) in [5.41, 5.74) is 1.63. The summed E-state index contributed by atoms with van der Waals surface area (Å²) in [5, 5.41) is 0. The lowest BCUT2D eigenvalue weighted by Gasteiger charge is -2.55. The Morgan fingerprint density at radius 3 is 2.04 bits per heavy atom. The Morgan fingerprint density at radius 1 is 0.964 bits per heavy atom. The normalized spacial score (nSPS) is 32.1. The maximum atomic E-state index is 13.7. The number of benzene rings is 1. The van der Waals surface area contributed by atoms with Crippen molar-refractivity contribution >= 4 is 23.6 Å². The maximum Gasteiger partial charge on any atom is 0.272 e. The highest BCUT2D eigenvalue weighted by atomic mass is 19.1. The van der Waals surface area contributed by atoms with Crippen molar-refractivity contribution in [3.63, 3.8) is 0 Å². The molecule has 0 aromatic heterocycles. The highest BCUT2D eigenvalue weighted by Crippen LogP contribution is 2.58. The average Bonchev–Trinajstić information content (AvgIpc) is 2.62. The van der Waals surface area contributed by atoms with Crippen LogP contribution in [0.2, 0.25) is 0 Å². The van der Waals surface area contributed by atoms with Gasteiger partial charge in [0.15, 0.2) is 0 Å². The Morgan fingerprint density at radius 2 is 1.50 bits per heavy atom. The number of amides is 4. The van der Waals surface area contributed by atoms with Crippen molar-refractivity contribution in [3.05, 3.63) is 35.6 Å². The van der Waals surface area contributed by atoms with Crippen LogP contribution < -0.4 is 10.9 Å². The van der Waals surface area contributed by atoms with Crippen LogP contribution in [0.15, 0.2) is 24.3 Å². The molecular formula is C20H24FN3O4. The molecule has 150 valence electrons. The van der Waals surface area contributed by atoms with Gasteiger partial charge in [0, 0.05) is 17.9 Å². The molecule has 2 bridgehead atoms. The van der Waals surface area contributed by atoms with E-state index in [-0.39, 0.29) is 30.2 Å². The van der Waals surface area contributed by atoms with Crippen LogP contribution in [-0.4, -0.2) is 35.6 Å². The number of nitrogens with zero attached hydrogens (tertiary/aromatic N) is 1. The Balaban J connectivity index is 1.78. The third-order valence-electron chi connectivity index (χ3n) is 5.94. The monoisotopic (exact) mass is 389 g/mol. The van der Waals surface area contributed by atoms with Gasteiger partial charge in [-0.05, 0) is 31.4 Å². The first-order valence-electron chi connectivity index (χ1n) is 9.10. The number of likely N-dealkylation sites (tertiary alicyclic amines) is 1. The minimum Gasteiger partial charge on any atom is -0.285 e. The maximum absolute atomic E-state index is 13.7. The molecule has 2 atom stereocenters. The van der Waals surface area contributed by atoms with Crippen LogP contribution in [0.25, 0.3) is 0 Å². The molecule has 2 fully saturated rings. The van der Waals surface area contributed by atoms with E-state index in [0.717, 1.165) is 11.0 Å². The molecule has 28 heavy (non-hydrogen) atoms. The van der Waals surface area contributed by atoms with E-state index in [1.807, 2.05) is 0 Å². The van der Waals surface area contributed by atoms with E-state index in [4.69, 9.17) is 0 Å². The third-order valence-corrected chi connectivity index (χ3v) is 5.94. The predicted octanol–water partition coefficient (Wildman–Crippen LogP) is 1.79. The molecule has 1 saturated heterocycles. The quantitative estimate of drug-likeness (QED) is 0.595. The Hall–Kier alpha value is -2.77. The summed E-state index contributed by atoms with van der Waals surface area (Å²) in [4.78, 5) is 51.5. The number of carbonyl (C=O) groups excluding carboxylic acids is 4. The molecule has 1 aromatic carbocycles. The van der Waals surface area contributed by atoms with Crippen LogP contribution in [0, 0.1) is 22.1 Å². The van der Waals surface area contributed by atoms with Crippen LogP contribution >= 0.6 is 0 Å². The second-order valence-corrected chi connectivity index (χ2v) is 8.77. The number of hydrazine groups is 1. The molecule has 3 rings (SSSR count). The Bertz CT molecular complexity index is 856. The van der Waals surface area contributed by atoms with Crippen LogP contribution in [0.3, 0.4) is 0 Å². The Labute approximate surface area is 162 Å². The summed E-state index contributed by atoms with van der Waals surface area (Å²) in [7, 11) is 1.47. The van der Waals surface area contributed by atoms with Gasteiger partial charge in [-0.1, -0.05) is 32.9 Å². The predicted molar refractivity (Wildman–Crippen MR) is 98.0 cm³/mol. The summed E-state index contributed by atoms with van der Waals surface area (Å²) in [6.45, 7) is 5.21. The number of fused-ring (bicyclic) bond motifs is 2. The first-order chi connectivity index (χ1) is 12.9. The van der Waals surface area contributed by atoms with Crippen LogP contribution in [0.5, 0.6) is 0 Å². The molecule has 8 heteroatoms. The number of halogens is 1. The highest BCUT2D eigenvalue weighted by Gasteiger charge is 2.62. The van der Waals surface area contributed by atoms with Gasteiger partial charge in [-0.25, -0.2) is 4.39 Å². The Kier molecular flexibility index (Phi) is 4.56. The van der Waals surface area contributed by atoms with Gasteiger partial charge in [-0.3, -0.25) is 34.9 Å². The average molecular weight is 389 g/mol. The summed E-state index contributed by atoms with van der Waals surface area (Å²) in [6.07, 6.45) is 0.868. The molecule has 7 nitrogen and oxygen atoms in total. The number of carbonyl (C=O) groups is 4. The summed E-state index contributed by atoms with van der Waals surface area (Å²) in [6, 6.07) is 5.42. The lowest BCUT2D eigenvalue weighted by molar-refractivity contribution is -0.178. The van der Waals surface area contributed by atoms with Crippen molar-refractivity contribution in [1.82, 2.24) is 15.8 Å². The SMILES string of the molecule is CN1C(=O)C2(C)CC(C)(C(=O)NNC(=O)c3ccccc3F)CC(C)(C2)C1=O. The zero-order valence-electron chi connectivity index (χ0n) is 16.4. The fourth-order valence-electron chi connectivity index (χ4n) is 5.11. The zero-order chi connectivity index (χ0) is 20.9. The van der Waals surface area contributed by atoms with E-state index in [1.165, 1.54) is 25.2 Å². The molecule has 2 N–H and O–H groups in total. The summed E-state index contributed by atoms with van der Waals surface area (Å²) >= 11 is 0. The molecule has 1 aromatic rings. The smallest absolute Gasteiger partial charge is 0.272 e. The first kappa shape index (κ1) is 20.0. The van der Waals surface area contributed by atoms with Gasteiger partial charge in [0.2, 0.25) is 17.7 Å². The number of imide groups is 1. The van der Waals surface area contributed by atoms with E-state index >= 15 is 0 Å². The molecule has 2 aliphatic rings. The van der Waals surface area contributed by atoms with Crippen molar-refractivity contribution in [2.75, 3.05) is 7.05 Å².